The van der Waals surface area contributed by atoms with Gasteiger partial charge in [-0.15, -0.1) is 0 Å². The van der Waals surface area contributed by atoms with Crippen molar-refractivity contribution >= 4 is 21.4 Å². The average molecular weight is 367 g/mol. The van der Waals surface area contributed by atoms with Crippen LogP contribution in [-0.2, 0) is 10.0 Å². The number of hydrogen-bond acceptors (Lipinski definition) is 6. The summed E-state index contributed by atoms with van der Waals surface area (Å²) in [6.45, 7) is 6.87. The van der Waals surface area contributed by atoms with E-state index in [1.54, 1.807) is 39.8 Å². The fourth-order valence-electron chi connectivity index (χ4n) is 2.26. The largest absolute Gasteiger partial charge is 0.467 e. The molecule has 1 atom stereocenters. The van der Waals surface area contributed by atoms with E-state index in [1.807, 2.05) is 0 Å². The summed E-state index contributed by atoms with van der Waals surface area (Å²) >= 11 is 0. The first-order valence-corrected chi connectivity index (χ1v) is 9.10. The molecule has 0 spiro atoms. The first kappa shape index (κ1) is 18.9. The highest BCUT2D eigenvalue weighted by atomic mass is 32.2. The van der Waals surface area contributed by atoms with Gasteiger partial charge in [-0.3, -0.25) is 10.1 Å². The van der Waals surface area contributed by atoms with E-state index in [0.29, 0.717) is 5.76 Å². The number of hydrogen-bond donors (Lipinski definition) is 2. The number of nitro benzene ring substituents is 1. The minimum atomic E-state index is -3.86. The van der Waals surface area contributed by atoms with E-state index >= 15 is 0 Å². The fourth-order valence-corrected chi connectivity index (χ4v) is 3.69. The maximum atomic E-state index is 12.4. The molecule has 9 heteroatoms. The highest BCUT2D eigenvalue weighted by Gasteiger charge is 2.26. The number of sulfonamides is 1. The van der Waals surface area contributed by atoms with E-state index < -0.39 is 20.5 Å². The Morgan fingerprint density at radius 3 is 2.44 bits per heavy atom. The van der Waals surface area contributed by atoms with Gasteiger partial charge < -0.3 is 9.73 Å². The lowest BCUT2D eigenvalue weighted by Gasteiger charge is -2.20. The summed E-state index contributed by atoms with van der Waals surface area (Å²) in [7, 11) is -3.86. The quantitative estimate of drug-likeness (QED) is 0.597. The van der Waals surface area contributed by atoms with Crippen LogP contribution >= 0.6 is 0 Å². The normalized spacial score (nSPS) is 13.4. The molecule has 1 aromatic heterocycles. The second-order valence-electron chi connectivity index (χ2n) is 6.67. The van der Waals surface area contributed by atoms with Gasteiger partial charge in [0, 0.05) is 11.6 Å². The van der Waals surface area contributed by atoms with Crippen molar-refractivity contribution in [2.75, 3.05) is 5.32 Å². The van der Waals surface area contributed by atoms with E-state index in [2.05, 4.69) is 10.0 Å². The predicted molar refractivity (Wildman–Crippen MR) is 93.9 cm³/mol. The van der Waals surface area contributed by atoms with Crippen LogP contribution in [0.15, 0.2) is 45.9 Å². The lowest BCUT2D eigenvalue weighted by Crippen LogP contribution is -2.40. The third-order valence-electron chi connectivity index (χ3n) is 3.26. The van der Waals surface area contributed by atoms with E-state index in [9.17, 15) is 18.5 Å². The standard InChI is InChI=1S/C16H21N3O5S/c1-11(15-6-5-9-24-15)17-13-8-7-12(10-14(13)19(20)21)25(22,23)18-16(2,3)4/h5-11,17-18H,1-4H3/t11-/m1/s1. The molecule has 0 radical (unpaired) electrons. The van der Waals surface area contributed by atoms with Crippen LogP contribution in [0.3, 0.4) is 0 Å². The zero-order valence-corrected chi connectivity index (χ0v) is 15.3. The Morgan fingerprint density at radius 1 is 1.24 bits per heavy atom. The summed E-state index contributed by atoms with van der Waals surface area (Å²) in [5.74, 6) is 0.611. The summed E-state index contributed by atoms with van der Waals surface area (Å²) in [6, 6.07) is 6.91. The number of furan rings is 1. The Morgan fingerprint density at radius 2 is 1.92 bits per heavy atom. The van der Waals surface area contributed by atoms with Crippen LogP contribution in [0.25, 0.3) is 0 Å². The summed E-state index contributed by atoms with van der Waals surface area (Å²) < 4.78 is 32.5. The molecular formula is C16H21N3O5S. The monoisotopic (exact) mass is 367 g/mol. The van der Waals surface area contributed by atoms with Crippen LogP contribution in [0.4, 0.5) is 11.4 Å². The molecule has 0 aliphatic heterocycles. The predicted octanol–water partition coefficient (Wildman–Crippen LogP) is 3.44. The zero-order chi connectivity index (χ0) is 18.8. The van der Waals surface area contributed by atoms with Crippen LogP contribution in [0.5, 0.6) is 0 Å². The molecule has 25 heavy (non-hydrogen) atoms. The summed E-state index contributed by atoms with van der Waals surface area (Å²) in [4.78, 5) is 10.6. The molecule has 2 aromatic rings. The van der Waals surface area contributed by atoms with Crippen molar-refractivity contribution in [3.05, 3.63) is 52.5 Å². The van der Waals surface area contributed by atoms with Crippen LogP contribution in [0, 0.1) is 10.1 Å². The van der Waals surface area contributed by atoms with Crippen molar-refractivity contribution in [1.29, 1.82) is 0 Å². The minimum absolute atomic E-state index is 0.162. The molecule has 0 unspecified atom stereocenters. The molecule has 0 aliphatic carbocycles. The molecule has 1 heterocycles. The van der Waals surface area contributed by atoms with Gasteiger partial charge in [0.2, 0.25) is 10.0 Å². The number of benzene rings is 1. The van der Waals surface area contributed by atoms with Gasteiger partial charge in [-0.25, -0.2) is 13.1 Å². The van der Waals surface area contributed by atoms with Crippen molar-refractivity contribution in [3.8, 4) is 0 Å². The number of anilines is 1. The van der Waals surface area contributed by atoms with Gasteiger partial charge >= 0.3 is 0 Å². The highest BCUT2D eigenvalue weighted by molar-refractivity contribution is 7.89. The Balaban J connectivity index is 2.36. The van der Waals surface area contributed by atoms with Crippen LogP contribution < -0.4 is 10.0 Å². The molecule has 2 rings (SSSR count). The molecule has 2 N–H and O–H groups in total. The molecule has 0 saturated carbocycles. The van der Waals surface area contributed by atoms with Crippen LogP contribution in [0.1, 0.15) is 39.5 Å². The molecule has 136 valence electrons. The van der Waals surface area contributed by atoms with Crippen molar-refractivity contribution in [2.24, 2.45) is 0 Å². The summed E-state index contributed by atoms with van der Waals surface area (Å²) in [5, 5.41) is 14.4. The minimum Gasteiger partial charge on any atom is -0.467 e. The molecular weight excluding hydrogens is 346 g/mol. The SMILES string of the molecule is C[C@@H](Nc1ccc(S(=O)(=O)NC(C)(C)C)cc1[N+](=O)[O-])c1ccco1. The Bertz CT molecular complexity index is 854. The maximum Gasteiger partial charge on any atom is 0.293 e. The van der Waals surface area contributed by atoms with Gasteiger partial charge in [-0.2, -0.15) is 0 Å². The van der Waals surface area contributed by atoms with Gasteiger partial charge in [0.05, 0.1) is 22.1 Å². The number of nitrogens with zero attached hydrogens (tertiary/aromatic N) is 1. The van der Waals surface area contributed by atoms with Gasteiger partial charge in [-0.1, -0.05) is 0 Å². The van der Waals surface area contributed by atoms with E-state index in [1.165, 1.54) is 18.4 Å². The molecule has 0 aliphatic rings. The summed E-state index contributed by atoms with van der Waals surface area (Å²) in [5.41, 5.74) is -0.808. The van der Waals surface area contributed by atoms with Gasteiger partial charge in [0.25, 0.3) is 5.69 Å². The topological polar surface area (TPSA) is 114 Å². The van der Waals surface area contributed by atoms with Crippen molar-refractivity contribution < 1.29 is 17.8 Å². The first-order valence-electron chi connectivity index (χ1n) is 7.62. The molecule has 0 amide bonds. The van der Waals surface area contributed by atoms with Crippen molar-refractivity contribution in [1.82, 2.24) is 4.72 Å². The van der Waals surface area contributed by atoms with Crippen molar-refractivity contribution in [2.45, 2.75) is 44.2 Å². The highest BCUT2D eigenvalue weighted by Crippen LogP contribution is 2.31. The molecule has 8 nitrogen and oxygen atoms in total. The molecule has 1 aromatic carbocycles. The van der Waals surface area contributed by atoms with E-state index in [4.69, 9.17) is 4.42 Å². The lowest BCUT2D eigenvalue weighted by atomic mass is 10.1. The van der Waals surface area contributed by atoms with Crippen molar-refractivity contribution in [3.63, 3.8) is 0 Å². The molecule has 0 saturated heterocycles. The molecule has 0 fully saturated rings. The number of nitrogens with one attached hydrogen (secondary N) is 2. The Kier molecular flexibility index (Phi) is 5.19. The van der Waals surface area contributed by atoms with E-state index in [0.717, 1.165) is 6.07 Å². The van der Waals surface area contributed by atoms with Gasteiger partial charge in [0.15, 0.2) is 0 Å². The smallest absolute Gasteiger partial charge is 0.293 e. The van der Waals surface area contributed by atoms with E-state index in [-0.39, 0.29) is 22.3 Å². The van der Waals surface area contributed by atoms with Crippen LogP contribution in [0.2, 0.25) is 0 Å². The fraction of sp³-hybridized carbons (Fsp3) is 0.375. The first-order chi connectivity index (χ1) is 11.5. The van der Waals surface area contributed by atoms with Gasteiger partial charge in [-0.05, 0) is 52.0 Å². The Hall–Kier alpha value is -2.39. The maximum absolute atomic E-state index is 12.4. The van der Waals surface area contributed by atoms with Gasteiger partial charge in [0.1, 0.15) is 11.4 Å². The third-order valence-corrected chi connectivity index (χ3v) is 5.01. The summed E-state index contributed by atoms with van der Waals surface area (Å²) in [6.07, 6.45) is 1.51. The number of rotatable bonds is 6. The van der Waals surface area contributed by atoms with Crippen LogP contribution in [-0.4, -0.2) is 18.9 Å². The molecule has 0 bridgehead atoms. The zero-order valence-electron chi connectivity index (χ0n) is 14.4. The average Bonchev–Trinajstić information content (AvgIpc) is 2.98. The lowest BCUT2D eigenvalue weighted by molar-refractivity contribution is -0.384. The second kappa shape index (κ2) is 6.85. The number of nitro groups is 1. The second-order valence-corrected chi connectivity index (χ2v) is 8.36. The third kappa shape index (κ3) is 4.80. The Labute approximate surface area is 146 Å².